The normalized spacial score (nSPS) is 16.8. The van der Waals surface area contributed by atoms with Crippen molar-refractivity contribution in [2.45, 2.75) is 12.6 Å². The first-order chi connectivity index (χ1) is 14.4. The van der Waals surface area contributed by atoms with Crippen LogP contribution in [0, 0.1) is 0 Å². The molecule has 1 N–H and O–H groups in total. The van der Waals surface area contributed by atoms with Crippen molar-refractivity contribution in [3.8, 4) is 0 Å². The number of nitrogens with one attached hydrogen (secondary N) is 1. The molecule has 1 aliphatic rings. The molecule has 0 radical (unpaired) electrons. The maximum atomic E-state index is 12.3. The number of likely N-dealkylation sites (N-methyl/N-ethyl adjacent to an activating group) is 1. The molecule has 1 fully saturated rings. The van der Waals surface area contributed by atoms with Gasteiger partial charge in [0.05, 0.1) is 29.3 Å². The lowest BCUT2D eigenvalue weighted by atomic mass is 10.2. The lowest BCUT2D eigenvalue weighted by molar-refractivity contribution is -0.122. The predicted molar refractivity (Wildman–Crippen MR) is 118 cm³/mol. The van der Waals surface area contributed by atoms with Crippen LogP contribution in [0.3, 0.4) is 0 Å². The summed E-state index contributed by atoms with van der Waals surface area (Å²) in [5.41, 5.74) is 1.64. The highest BCUT2D eigenvalue weighted by molar-refractivity contribution is 6.42. The van der Waals surface area contributed by atoms with E-state index in [4.69, 9.17) is 27.9 Å². The SMILES string of the molecule is CN(CC(=O)NCC1CN(Cc2ccc(Cl)c(Cl)c2)CCO1)C(=O)c1ccccc1. The molecule has 1 unspecified atom stereocenters. The quantitative estimate of drug-likeness (QED) is 0.705. The molecule has 2 aromatic rings. The van der Waals surface area contributed by atoms with Crippen LogP contribution in [0.4, 0.5) is 0 Å². The molecule has 3 rings (SSSR count). The number of carbonyl (C=O) groups excluding carboxylic acids is 2. The number of amides is 2. The van der Waals surface area contributed by atoms with Crippen LogP contribution in [0.2, 0.25) is 10.0 Å². The fourth-order valence-corrected chi connectivity index (χ4v) is 3.64. The largest absolute Gasteiger partial charge is 0.374 e. The zero-order chi connectivity index (χ0) is 21.5. The fourth-order valence-electron chi connectivity index (χ4n) is 3.32. The minimum absolute atomic E-state index is 0.00651. The van der Waals surface area contributed by atoms with Crippen molar-refractivity contribution >= 4 is 35.0 Å². The molecule has 2 amide bonds. The first kappa shape index (κ1) is 22.6. The van der Waals surface area contributed by atoms with Crippen LogP contribution in [0.5, 0.6) is 0 Å². The first-order valence-corrected chi connectivity index (χ1v) is 10.5. The molecule has 0 aromatic heterocycles. The average molecular weight is 450 g/mol. The standard InChI is InChI=1S/C22H25Cl2N3O3/c1-26(22(29)17-5-3-2-4-6-17)15-21(28)25-12-18-14-27(9-10-30-18)13-16-7-8-19(23)20(24)11-16/h2-8,11,18H,9-10,12-15H2,1H3,(H,25,28). The van der Waals surface area contributed by atoms with E-state index in [1.54, 1.807) is 37.4 Å². The Morgan fingerprint density at radius 3 is 2.67 bits per heavy atom. The highest BCUT2D eigenvalue weighted by Gasteiger charge is 2.22. The Morgan fingerprint density at radius 2 is 1.93 bits per heavy atom. The van der Waals surface area contributed by atoms with E-state index >= 15 is 0 Å². The van der Waals surface area contributed by atoms with Gasteiger partial charge in [-0.25, -0.2) is 0 Å². The number of hydrogen-bond acceptors (Lipinski definition) is 4. The second kappa shape index (κ2) is 10.8. The molecule has 1 atom stereocenters. The van der Waals surface area contributed by atoms with Gasteiger partial charge in [-0.3, -0.25) is 14.5 Å². The number of morpholine rings is 1. The Hall–Kier alpha value is -2.12. The number of nitrogens with zero attached hydrogens (tertiary/aromatic N) is 2. The van der Waals surface area contributed by atoms with Crippen LogP contribution in [-0.2, 0) is 16.1 Å². The van der Waals surface area contributed by atoms with Gasteiger partial charge >= 0.3 is 0 Å². The third-order valence-corrected chi connectivity index (χ3v) is 5.63. The van der Waals surface area contributed by atoms with E-state index in [9.17, 15) is 9.59 Å². The number of benzene rings is 2. The highest BCUT2D eigenvalue weighted by atomic mass is 35.5. The van der Waals surface area contributed by atoms with E-state index in [0.717, 1.165) is 18.7 Å². The Morgan fingerprint density at radius 1 is 1.17 bits per heavy atom. The topological polar surface area (TPSA) is 61.9 Å². The number of ether oxygens (including phenoxy) is 1. The van der Waals surface area contributed by atoms with Gasteiger partial charge in [-0.2, -0.15) is 0 Å². The molecule has 6 nitrogen and oxygen atoms in total. The maximum absolute atomic E-state index is 12.3. The van der Waals surface area contributed by atoms with Gasteiger partial charge in [-0.1, -0.05) is 47.5 Å². The van der Waals surface area contributed by atoms with Gasteiger partial charge in [0.15, 0.2) is 0 Å². The van der Waals surface area contributed by atoms with Gasteiger partial charge < -0.3 is 15.0 Å². The third kappa shape index (κ3) is 6.44. The fraction of sp³-hybridized carbons (Fsp3) is 0.364. The highest BCUT2D eigenvalue weighted by Crippen LogP contribution is 2.23. The molecule has 160 valence electrons. The minimum Gasteiger partial charge on any atom is -0.374 e. The molecule has 0 aliphatic carbocycles. The Labute approximate surface area is 186 Å². The summed E-state index contributed by atoms with van der Waals surface area (Å²) in [7, 11) is 1.62. The van der Waals surface area contributed by atoms with E-state index in [1.165, 1.54) is 4.90 Å². The summed E-state index contributed by atoms with van der Waals surface area (Å²) in [5, 5.41) is 3.95. The number of hydrogen-bond donors (Lipinski definition) is 1. The number of halogens is 2. The third-order valence-electron chi connectivity index (χ3n) is 4.89. The zero-order valence-corrected chi connectivity index (χ0v) is 18.3. The van der Waals surface area contributed by atoms with E-state index in [2.05, 4.69) is 10.2 Å². The first-order valence-electron chi connectivity index (χ1n) is 9.77. The van der Waals surface area contributed by atoms with Gasteiger partial charge in [0.1, 0.15) is 0 Å². The minimum atomic E-state index is -0.216. The molecule has 30 heavy (non-hydrogen) atoms. The molecular weight excluding hydrogens is 425 g/mol. The van der Waals surface area contributed by atoms with Crippen LogP contribution >= 0.6 is 23.2 Å². The van der Waals surface area contributed by atoms with Crippen LogP contribution in [-0.4, -0.2) is 67.6 Å². The Kier molecular flexibility index (Phi) is 8.10. The van der Waals surface area contributed by atoms with Gasteiger partial charge in [-0.15, -0.1) is 0 Å². The second-order valence-electron chi connectivity index (χ2n) is 7.31. The molecule has 0 spiro atoms. The van der Waals surface area contributed by atoms with Crippen LogP contribution < -0.4 is 5.32 Å². The summed E-state index contributed by atoms with van der Waals surface area (Å²) in [6, 6.07) is 14.5. The van der Waals surface area contributed by atoms with Gasteiger partial charge in [-0.05, 0) is 29.8 Å². The van der Waals surface area contributed by atoms with Crippen molar-refractivity contribution in [2.75, 3.05) is 39.8 Å². The summed E-state index contributed by atoms with van der Waals surface area (Å²) in [4.78, 5) is 28.3. The number of carbonyl (C=O) groups is 2. The second-order valence-corrected chi connectivity index (χ2v) is 8.12. The van der Waals surface area contributed by atoms with Gasteiger partial charge in [0.25, 0.3) is 5.91 Å². The van der Waals surface area contributed by atoms with Crippen LogP contribution in [0.25, 0.3) is 0 Å². The lowest BCUT2D eigenvalue weighted by Crippen LogP contribution is -2.48. The number of rotatable bonds is 7. The van der Waals surface area contributed by atoms with Gasteiger partial charge in [0.2, 0.25) is 5.91 Å². The van der Waals surface area contributed by atoms with Gasteiger partial charge in [0, 0.05) is 38.8 Å². The van der Waals surface area contributed by atoms with E-state index in [-0.39, 0.29) is 24.5 Å². The zero-order valence-electron chi connectivity index (χ0n) is 16.8. The van der Waals surface area contributed by atoms with Crippen LogP contribution in [0.1, 0.15) is 15.9 Å². The summed E-state index contributed by atoms with van der Waals surface area (Å²) >= 11 is 12.1. The Balaban J connectivity index is 1.44. The molecule has 0 saturated carbocycles. The van der Waals surface area contributed by atoms with E-state index in [0.29, 0.717) is 35.3 Å². The summed E-state index contributed by atoms with van der Waals surface area (Å²) in [5.74, 6) is -0.403. The summed E-state index contributed by atoms with van der Waals surface area (Å²) < 4.78 is 5.78. The van der Waals surface area contributed by atoms with Crippen molar-refractivity contribution in [1.82, 2.24) is 15.1 Å². The molecule has 1 saturated heterocycles. The smallest absolute Gasteiger partial charge is 0.254 e. The monoisotopic (exact) mass is 449 g/mol. The van der Waals surface area contributed by atoms with E-state index in [1.807, 2.05) is 18.2 Å². The molecule has 1 heterocycles. The molecule has 0 bridgehead atoms. The average Bonchev–Trinajstić information content (AvgIpc) is 2.75. The molecule has 1 aliphatic heterocycles. The van der Waals surface area contributed by atoms with Crippen molar-refractivity contribution in [3.05, 3.63) is 69.7 Å². The lowest BCUT2D eigenvalue weighted by Gasteiger charge is -2.33. The molecular formula is C22H25Cl2N3O3. The van der Waals surface area contributed by atoms with Crippen molar-refractivity contribution < 1.29 is 14.3 Å². The summed E-state index contributed by atoms with van der Waals surface area (Å²) in [6.45, 7) is 3.21. The van der Waals surface area contributed by atoms with Crippen molar-refractivity contribution in [1.29, 1.82) is 0 Å². The molecule has 2 aromatic carbocycles. The maximum Gasteiger partial charge on any atom is 0.254 e. The molecule has 8 heteroatoms. The van der Waals surface area contributed by atoms with Crippen LogP contribution in [0.15, 0.2) is 48.5 Å². The predicted octanol–water partition coefficient (Wildman–Crippen LogP) is 3.08. The summed E-state index contributed by atoms with van der Waals surface area (Å²) in [6.07, 6.45) is -0.111. The van der Waals surface area contributed by atoms with Crippen molar-refractivity contribution in [3.63, 3.8) is 0 Å². The Bertz CT molecular complexity index is 879. The van der Waals surface area contributed by atoms with Crippen molar-refractivity contribution in [2.24, 2.45) is 0 Å². The van der Waals surface area contributed by atoms with E-state index < -0.39 is 0 Å².